The molecule has 1 amide bonds. The summed E-state index contributed by atoms with van der Waals surface area (Å²) in [6, 6.07) is 10.2. The molecule has 0 saturated carbocycles. The number of aryl methyl sites for hydroxylation is 1. The largest absolute Gasteiger partial charge is 0.354 e. The highest BCUT2D eigenvalue weighted by atomic mass is 16.1. The van der Waals surface area contributed by atoms with Crippen molar-refractivity contribution in [1.29, 1.82) is 0 Å². The number of nitrogens with one attached hydrogen (secondary N) is 1. The summed E-state index contributed by atoms with van der Waals surface area (Å²) >= 11 is 0. The molecule has 6 heteroatoms. The van der Waals surface area contributed by atoms with E-state index in [-0.39, 0.29) is 11.8 Å². The summed E-state index contributed by atoms with van der Waals surface area (Å²) in [6.07, 6.45) is 5.51. The Morgan fingerprint density at radius 2 is 1.85 bits per heavy atom. The summed E-state index contributed by atoms with van der Waals surface area (Å²) in [5.41, 5.74) is 2.54. The molecule has 0 radical (unpaired) electrons. The number of aromatic nitrogens is 2. The Morgan fingerprint density at radius 3 is 2.65 bits per heavy atom. The number of hydrogen-bond donors (Lipinski definition) is 1. The number of anilines is 1. The van der Waals surface area contributed by atoms with Crippen LogP contribution in [0.4, 0.5) is 5.95 Å². The van der Waals surface area contributed by atoms with Gasteiger partial charge in [-0.25, -0.2) is 9.97 Å². The van der Waals surface area contributed by atoms with E-state index in [9.17, 15) is 4.79 Å². The highest BCUT2D eigenvalue weighted by molar-refractivity contribution is 5.84. The summed E-state index contributed by atoms with van der Waals surface area (Å²) in [6.45, 7) is 5.39. The summed E-state index contributed by atoms with van der Waals surface area (Å²) in [5.74, 6) is 1.00. The van der Waals surface area contributed by atoms with E-state index in [0.717, 1.165) is 51.5 Å². The van der Waals surface area contributed by atoms with E-state index in [4.69, 9.17) is 0 Å². The van der Waals surface area contributed by atoms with Crippen LogP contribution in [0.25, 0.3) is 0 Å². The minimum Gasteiger partial charge on any atom is -0.354 e. The Kier molecular flexibility index (Phi) is 5.11. The van der Waals surface area contributed by atoms with Crippen LogP contribution in [0, 0.1) is 0 Å². The minimum atomic E-state index is 0.0262. The van der Waals surface area contributed by atoms with Gasteiger partial charge in [-0.2, -0.15) is 0 Å². The molecule has 1 aromatic heterocycles. The zero-order valence-corrected chi connectivity index (χ0v) is 15.0. The van der Waals surface area contributed by atoms with Crippen molar-refractivity contribution < 1.29 is 4.79 Å². The van der Waals surface area contributed by atoms with E-state index in [2.05, 4.69) is 43.3 Å². The van der Waals surface area contributed by atoms with Crippen molar-refractivity contribution in [3.05, 3.63) is 53.9 Å². The van der Waals surface area contributed by atoms with Gasteiger partial charge in [-0.3, -0.25) is 9.69 Å². The van der Waals surface area contributed by atoms with E-state index >= 15 is 0 Å². The average molecular weight is 351 g/mol. The molecule has 26 heavy (non-hydrogen) atoms. The number of carbonyl (C=O) groups excluding carboxylic acids is 1. The molecular formula is C20H25N5O. The molecule has 2 aliphatic rings. The number of amides is 1. The Labute approximate surface area is 154 Å². The van der Waals surface area contributed by atoms with Crippen molar-refractivity contribution in [3.8, 4) is 0 Å². The smallest absolute Gasteiger partial charge is 0.227 e. The molecule has 1 N–H and O–H groups in total. The fourth-order valence-electron chi connectivity index (χ4n) is 3.92. The van der Waals surface area contributed by atoms with E-state index in [0.29, 0.717) is 6.54 Å². The zero-order valence-electron chi connectivity index (χ0n) is 15.0. The highest BCUT2D eigenvalue weighted by Gasteiger charge is 2.28. The lowest BCUT2D eigenvalue weighted by Gasteiger charge is -2.34. The fraction of sp³-hybridized carbons (Fsp3) is 0.450. The third-order valence-corrected chi connectivity index (χ3v) is 5.38. The van der Waals surface area contributed by atoms with Crippen molar-refractivity contribution in [2.45, 2.75) is 18.8 Å². The zero-order chi connectivity index (χ0) is 17.8. The van der Waals surface area contributed by atoms with Crippen LogP contribution in [0.5, 0.6) is 0 Å². The second-order valence-electron chi connectivity index (χ2n) is 6.96. The van der Waals surface area contributed by atoms with Crippen LogP contribution < -0.4 is 10.2 Å². The highest BCUT2D eigenvalue weighted by Crippen LogP contribution is 2.32. The molecule has 0 spiro atoms. The molecule has 1 aliphatic heterocycles. The maximum absolute atomic E-state index is 12.5. The third kappa shape index (κ3) is 3.70. The number of piperazine rings is 1. The molecule has 1 atom stereocenters. The lowest BCUT2D eigenvalue weighted by Crippen LogP contribution is -2.49. The van der Waals surface area contributed by atoms with Crippen molar-refractivity contribution in [1.82, 2.24) is 20.2 Å². The first kappa shape index (κ1) is 17.0. The quantitative estimate of drug-likeness (QED) is 0.883. The van der Waals surface area contributed by atoms with Gasteiger partial charge >= 0.3 is 0 Å². The first-order valence-electron chi connectivity index (χ1n) is 9.41. The topological polar surface area (TPSA) is 61.4 Å². The Morgan fingerprint density at radius 1 is 1.08 bits per heavy atom. The molecule has 2 aromatic rings. The van der Waals surface area contributed by atoms with Gasteiger partial charge in [0.15, 0.2) is 0 Å². The minimum absolute atomic E-state index is 0.0262. The third-order valence-electron chi connectivity index (χ3n) is 5.38. The van der Waals surface area contributed by atoms with Crippen molar-refractivity contribution in [3.63, 3.8) is 0 Å². The van der Waals surface area contributed by atoms with Gasteiger partial charge in [-0.1, -0.05) is 24.3 Å². The molecule has 2 heterocycles. The summed E-state index contributed by atoms with van der Waals surface area (Å²) in [5, 5.41) is 3.14. The number of rotatable bonds is 5. The summed E-state index contributed by atoms with van der Waals surface area (Å²) in [7, 11) is 0. The fourth-order valence-corrected chi connectivity index (χ4v) is 3.92. The van der Waals surface area contributed by atoms with Gasteiger partial charge in [0.2, 0.25) is 11.9 Å². The van der Waals surface area contributed by atoms with Crippen LogP contribution in [0.15, 0.2) is 42.7 Å². The van der Waals surface area contributed by atoms with Crippen LogP contribution in [0.3, 0.4) is 0 Å². The predicted octanol–water partition coefficient (Wildman–Crippen LogP) is 1.44. The standard InChI is InChI=1S/C20H25N5O/c26-19(18-7-6-16-4-1-2-5-17(16)18)21-10-11-24-12-14-25(15-13-24)20-22-8-3-9-23-20/h1-5,8-9,18H,6-7,10-15H2,(H,21,26). The summed E-state index contributed by atoms with van der Waals surface area (Å²) in [4.78, 5) is 25.8. The first-order chi connectivity index (χ1) is 12.8. The van der Waals surface area contributed by atoms with Gasteiger partial charge in [-0.05, 0) is 30.0 Å². The van der Waals surface area contributed by atoms with Gasteiger partial charge in [0.05, 0.1) is 5.92 Å². The number of carbonyl (C=O) groups is 1. The van der Waals surface area contributed by atoms with E-state index < -0.39 is 0 Å². The predicted molar refractivity (Wildman–Crippen MR) is 101 cm³/mol. The van der Waals surface area contributed by atoms with E-state index in [1.165, 1.54) is 11.1 Å². The van der Waals surface area contributed by atoms with Crippen molar-refractivity contribution in [2.75, 3.05) is 44.2 Å². The van der Waals surface area contributed by atoms with Crippen LogP contribution in [-0.2, 0) is 11.2 Å². The Balaban J connectivity index is 1.21. The van der Waals surface area contributed by atoms with Crippen LogP contribution in [0.1, 0.15) is 23.5 Å². The number of fused-ring (bicyclic) bond motifs is 1. The summed E-state index contributed by atoms with van der Waals surface area (Å²) < 4.78 is 0. The van der Waals surface area contributed by atoms with Gasteiger partial charge in [-0.15, -0.1) is 0 Å². The number of nitrogens with zero attached hydrogens (tertiary/aromatic N) is 4. The van der Waals surface area contributed by atoms with Gasteiger partial charge in [0.25, 0.3) is 0 Å². The first-order valence-corrected chi connectivity index (χ1v) is 9.41. The van der Waals surface area contributed by atoms with Gasteiger partial charge in [0, 0.05) is 51.7 Å². The average Bonchev–Trinajstić information content (AvgIpc) is 3.13. The van der Waals surface area contributed by atoms with Crippen molar-refractivity contribution in [2.24, 2.45) is 0 Å². The second-order valence-corrected chi connectivity index (χ2v) is 6.96. The van der Waals surface area contributed by atoms with Gasteiger partial charge in [0.1, 0.15) is 0 Å². The van der Waals surface area contributed by atoms with E-state index in [1.807, 2.05) is 12.1 Å². The van der Waals surface area contributed by atoms with Gasteiger partial charge < -0.3 is 10.2 Å². The van der Waals surface area contributed by atoms with E-state index in [1.54, 1.807) is 12.4 Å². The molecule has 1 aromatic carbocycles. The SMILES string of the molecule is O=C(NCCN1CCN(c2ncccn2)CC1)C1CCc2ccccc21. The monoisotopic (exact) mass is 351 g/mol. The lowest BCUT2D eigenvalue weighted by molar-refractivity contribution is -0.122. The maximum Gasteiger partial charge on any atom is 0.227 e. The normalized spacial score (nSPS) is 20.0. The molecular weight excluding hydrogens is 326 g/mol. The van der Waals surface area contributed by atoms with Crippen LogP contribution in [0.2, 0.25) is 0 Å². The Hall–Kier alpha value is -2.47. The lowest BCUT2D eigenvalue weighted by atomic mass is 10.0. The second kappa shape index (κ2) is 7.83. The Bertz CT molecular complexity index is 743. The molecule has 1 aliphatic carbocycles. The number of benzene rings is 1. The van der Waals surface area contributed by atoms with Crippen molar-refractivity contribution >= 4 is 11.9 Å². The molecule has 1 unspecified atom stereocenters. The molecule has 136 valence electrons. The molecule has 6 nitrogen and oxygen atoms in total. The van der Waals surface area contributed by atoms with Crippen LogP contribution in [-0.4, -0.2) is 60.0 Å². The maximum atomic E-state index is 12.5. The molecule has 1 saturated heterocycles. The van der Waals surface area contributed by atoms with Crippen LogP contribution >= 0.6 is 0 Å². The molecule has 4 rings (SSSR count). The number of hydrogen-bond acceptors (Lipinski definition) is 5. The molecule has 1 fully saturated rings. The molecule has 0 bridgehead atoms.